The van der Waals surface area contributed by atoms with Crippen molar-refractivity contribution in [2.45, 2.75) is 58.8 Å². The number of ether oxygens (including phenoxy) is 1. The molecule has 3 unspecified atom stereocenters. The minimum atomic E-state index is -0.945. The highest BCUT2D eigenvalue weighted by atomic mass is 16.5. The third kappa shape index (κ3) is 3.93. The molecular weight excluding hydrogens is 246 g/mol. The number of nitrogens with zero attached hydrogens (tertiary/aromatic N) is 1. The van der Waals surface area contributed by atoms with E-state index in [0.717, 1.165) is 0 Å². The minimum Gasteiger partial charge on any atom is -0.480 e. The number of carboxylic acid groups (broad SMARTS) is 1. The Bertz CT molecular complexity index is 332. The molecule has 1 aliphatic rings. The predicted octanol–water partition coefficient (Wildman–Crippen LogP) is 1.76. The smallest absolute Gasteiger partial charge is 0.326 e. The molecule has 0 aromatic carbocycles. The summed E-state index contributed by atoms with van der Waals surface area (Å²) >= 11 is 0. The molecule has 5 nitrogen and oxygen atoms in total. The Balaban J connectivity index is 2.77. The molecule has 0 bridgehead atoms. The first-order valence-corrected chi connectivity index (χ1v) is 6.89. The van der Waals surface area contributed by atoms with E-state index in [0.29, 0.717) is 12.8 Å². The maximum Gasteiger partial charge on any atom is 0.326 e. The number of aliphatic carboxylic acids is 1. The molecule has 110 valence electrons. The molecule has 1 rings (SSSR count). The molecule has 0 aliphatic carbocycles. The zero-order valence-corrected chi connectivity index (χ0v) is 12.4. The van der Waals surface area contributed by atoms with Gasteiger partial charge in [-0.1, -0.05) is 13.8 Å². The lowest BCUT2D eigenvalue weighted by Crippen LogP contribution is -2.49. The lowest BCUT2D eigenvalue weighted by atomic mass is 9.90. The van der Waals surface area contributed by atoms with Crippen LogP contribution in [0.4, 0.5) is 0 Å². The molecule has 5 heteroatoms. The molecule has 0 aromatic heterocycles. The number of hydrogen-bond acceptors (Lipinski definition) is 3. The van der Waals surface area contributed by atoms with Crippen molar-refractivity contribution in [3.63, 3.8) is 0 Å². The second kappa shape index (κ2) is 6.37. The van der Waals surface area contributed by atoms with E-state index < -0.39 is 12.0 Å². The number of carbonyl (C=O) groups is 2. The molecule has 19 heavy (non-hydrogen) atoms. The first-order chi connectivity index (χ1) is 8.73. The standard InChI is InChI=1S/C14H25NO4/c1-8(2)12(14(17)18)15(5)13(16)11-6-9(3)19-10(4)7-11/h8-12H,6-7H2,1-5H3,(H,17,18). The molecule has 1 aliphatic heterocycles. The maximum atomic E-state index is 12.4. The molecule has 1 N–H and O–H groups in total. The van der Waals surface area contributed by atoms with Gasteiger partial charge in [0.1, 0.15) is 6.04 Å². The van der Waals surface area contributed by atoms with Crippen LogP contribution < -0.4 is 0 Å². The number of rotatable bonds is 4. The Hall–Kier alpha value is -1.10. The monoisotopic (exact) mass is 271 g/mol. The van der Waals surface area contributed by atoms with Crippen LogP contribution in [-0.4, -0.2) is 47.2 Å². The summed E-state index contributed by atoms with van der Waals surface area (Å²) in [6, 6.07) is -0.763. The molecule has 1 amide bonds. The summed E-state index contributed by atoms with van der Waals surface area (Å²) in [7, 11) is 1.59. The van der Waals surface area contributed by atoms with Gasteiger partial charge in [-0.15, -0.1) is 0 Å². The average Bonchev–Trinajstić information content (AvgIpc) is 2.25. The Morgan fingerprint density at radius 1 is 1.21 bits per heavy atom. The first kappa shape index (κ1) is 16.0. The van der Waals surface area contributed by atoms with Gasteiger partial charge in [0, 0.05) is 13.0 Å². The van der Waals surface area contributed by atoms with Crippen molar-refractivity contribution < 1.29 is 19.4 Å². The summed E-state index contributed by atoms with van der Waals surface area (Å²) in [5.74, 6) is -1.27. The SMILES string of the molecule is CC1CC(C(=O)N(C)C(C(=O)O)C(C)C)CC(C)O1. The molecule has 1 saturated heterocycles. The van der Waals surface area contributed by atoms with E-state index >= 15 is 0 Å². The lowest BCUT2D eigenvalue weighted by Gasteiger charge is -2.36. The number of amides is 1. The third-order valence-electron chi connectivity index (χ3n) is 3.70. The van der Waals surface area contributed by atoms with Crippen molar-refractivity contribution in [2.75, 3.05) is 7.05 Å². The highest BCUT2D eigenvalue weighted by molar-refractivity contribution is 5.85. The fraction of sp³-hybridized carbons (Fsp3) is 0.857. The van der Waals surface area contributed by atoms with Gasteiger partial charge in [0.2, 0.25) is 5.91 Å². The van der Waals surface area contributed by atoms with E-state index in [1.165, 1.54) is 4.90 Å². The average molecular weight is 271 g/mol. The zero-order valence-electron chi connectivity index (χ0n) is 12.4. The lowest BCUT2D eigenvalue weighted by molar-refractivity contribution is -0.156. The Morgan fingerprint density at radius 3 is 2.05 bits per heavy atom. The molecule has 0 aromatic rings. The highest BCUT2D eigenvalue weighted by Crippen LogP contribution is 2.27. The van der Waals surface area contributed by atoms with Gasteiger partial charge >= 0.3 is 5.97 Å². The Kier molecular flexibility index (Phi) is 5.35. The summed E-state index contributed by atoms with van der Waals surface area (Å²) in [4.78, 5) is 25.1. The molecule has 1 fully saturated rings. The van der Waals surface area contributed by atoms with Crippen LogP contribution in [0, 0.1) is 11.8 Å². The number of likely N-dealkylation sites (N-methyl/N-ethyl adjacent to an activating group) is 1. The molecule has 3 atom stereocenters. The summed E-state index contributed by atoms with van der Waals surface area (Å²) in [6.07, 6.45) is 1.43. The first-order valence-electron chi connectivity index (χ1n) is 6.89. The van der Waals surface area contributed by atoms with Gasteiger partial charge in [0.15, 0.2) is 0 Å². The Labute approximate surface area is 114 Å². The van der Waals surface area contributed by atoms with E-state index in [1.54, 1.807) is 7.05 Å². The van der Waals surface area contributed by atoms with Crippen molar-refractivity contribution in [1.29, 1.82) is 0 Å². The van der Waals surface area contributed by atoms with Gasteiger partial charge < -0.3 is 14.7 Å². The van der Waals surface area contributed by atoms with Gasteiger partial charge in [-0.3, -0.25) is 4.79 Å². The van der Waals surface area contributed by atoms with E-state index in [2.05, 4.69) is 0 Å². The van der Waals surface area contributed by atoms with Gasteiger partial charge in [0.25, 0.3) is 0 Å². The van der Waals surface area contributed by atoms with Crippen LogP contribution in [0.5, 0.6) is 0 Å². The molecule has 1 heterocycles. The fourth-order valence-electron chi connectivity index (χ4n) is 2.93. The van der Waals surface area contributed by atoms with Gasteiger partial charge in [-0.05, 0) is 32.6 Å². The quantitative estimate of drug-likeness (QED) is 0.846. The van der Waals surface area contributed by atoms with E-state index in [-0.39, 0.29) is 30.0 Å². The van der Waals surface area contributed by atoms with E-state index in [9.17, 15) is 14.7 Å². The number of carboxylic acids is 1. The number of hydrogen-bond donors (Lipinski definition) is 1. The molecule has 0 radical (unpaired) electrons. The van der Waals surface area contributed by atoms with Gasteiger partial charge in [-0.25, -0.2) is 4.79 Å². The van der Waals surface area contributed by atoms with Crippen molar-refractivity contribution >= 4 is 11.9 Å². The van der Waals surface area contributed by atoms with Crippen LogP contribution in [0.25, 0.3) is 0 Å². The largest absolute Gasteiger partial charge is 0.480 e. The second-order valence-corrected chi connectivity index (χ2v) is 5.90. The van der Waals surface area contributed by atoms with Crippen LogP contribution in [0.3, 0.4) is 0 Å². The van der Waals surface area contributed by atoms with Crippen LogP contribution in [0.2, 0.25) is 0 Å². The minimum absolute atomic E-state index is 0.0495. The maximum absolute atomic E-state index is 12.4. The van der Waals surface area contributed by atoms with Gasteiger partial charge in [-0.2, -0.15) is 0 Å². The summed E-state index contributed by atoms with van der Waals surface area (Å²) in [5, 5.41) is 9.25. The van der Waals surface area contributed by atoms with Crippen molar-refractivity contribution in [3.05, 3.63) is 0 Å². The molecular formula is C14H25NO4. The van der Waals surface area contributed by atoms with Crippen molar-refractivity contribution in [2.24, 2.45) is 11.8 Å². The van der Waals surface area contributed by atoms with Crippen LogP contribution in [-0.2, 0) is 14.3 Å². The van der Waals surface area contributed by atoms with Crippen LogP contribution in [0.15, 0.2) is 0 Å². The second-order valence-electron chi connectivity index (χ2n) is 5.90. The van der Waals surface area contributed by atoms with Crippen molar-refractivity contribution in [3.8, 4) is 0 Å². The van der Waals surface area contributed by atoms with E-state index in [1.807, 2.05) is 27.7 Å². The van der Waals surface area contributed by atoms with Crippen LogP contribution >= 0.6 is 0 Å². The topological polar surface area (TPSA) is 66.8 Å². The third-order valence-corrected chi connectivity index (χ3v) is 3.70. The summed E-state index contributed by atoms with van der Waals surface area (Å²) in [6.45, 7) is 7.54. The predicted molar refractivity (Wildman–Crippen MR) is 71.8 cm³/mol. The number of carbonyl (C=O) groups excluding carboxylic acids is 1. The van der Waals surface area contributed by atoms with Crippen LogP contribution in [0.1, 0.15) is 40.5 Å². The molecule has 0 saturated carbocycles. The normalized spacial score (nSPS) is 29.1. The summed E-state index contributed by atoms with van der Waals surface area (Å²) < 4.78 is 5.61. The van der Waals surface area contributed by atoms with Crippen molar-refractivity contribution in [1.82, 2.24) is 4.90 Å². The summed E-state index contributed by atoms with van der Waals surface area (Å²) in [5.41, 5.74) is 0. The van der Waals surface area contributed by atoms with Gasteiger partial charge in [0.05, 0.1) is 12.2 Å². The highest BCUT2D eigenvalue weighted by Gasteiger charge is 2.36. The molecule has 0 spiro atoms. The zero-order chi connectivity index (χ0) is 14.7. The fourth-order valence-corrected chi connectivity index (χ4v) is 2.93. The Morgan fingerprint density at radius 2 is 1.68 bits per heavy atom. The van der Waals surface area contributed by atoms with E-state index in [4.69, 9.17) is 4.74 Å².